The van der Waals surface area contributed by atoms with Gasteiger partial charge in [-0.2, -0.15) is 8.42 Å². The SMILES string of the molecule is COCCOCCOC(=O)c1ccccc1S(=O)(=O)O[C@H]1CC[C@@]2(C)C(=CC[C@H]3[C@@H]4CC[C@H]([C@H](C)CCCC(C)C)[C@@]4(C)CC[C@@H]32)C1. The van der Waals surface area contributed by atoms with E-state index in [-0.39, 0.29) is 29.1 Å². The van der Waals surface area contributed by atoms with Crippen LogP contribution in [0.15, 0.2) is 40.8 Å². The van der Waals surface area contributed by atoms with Gasteiger partial charge in [0.25, 0.3) is 10.1 Å². The lowest BCUT2D eigenvalue weighted by Gasteiger charge is -2.58. The molecule has 3 fully saturated rings. The molecule has 1 aromatic rings. The van der Waals surface area contributed by atoms with Crippen LogP contribution in [0.1, 0.15) is 116 Å². The first-order valence-corrected chi connectivity index (χ1v) is 19.8. The van der Waals surface area contributed by atoms with Gasteiger partial charge in [0.1, 0.15) is 11.5 Å². The molecular formula is C39H60O7S. The van der Waals surface area contributed by atoms with Crippen molar-refractivity contribution in [2.75, 3.05) is 33.5 Å². The lowest BCUT2D eigenvalue weighted by atomic mass is 9.47. The second-order valence-electron chi connectivity index (χ2n) is 15.9. The number of carbonyl (C=O) groups is 1. The Bertz CT molecular complexity index is 1350. The topological polar surface area (TPSA) is 88.1 Å². The van der Waals surface area contributed by atoms with E-state index in [1.165, 1.54) is 62.7 Å². The number of ether oxygens (including phenoxy) is 3. The van der Waals surface area contributed by atoms with Gasteiger partial charge >= 0.3 is 5.97 Å². The molecule has 264 valence electrons. The highest BCUT2D eigenvalue weighted by Gasteiger charge is 2.59. The molecule has 4 aliphatic rings. The van der Waals surface area contributed by atoms with Gasteiger partial charge < -0.3 is 14.2 Å². The van der Waals surface area contributed by atoms with Gasteiger partial charge in [0.05, 0.1) is 31.5 Å². The fourth-order valence-corrected chi connectivity index (χ4v) is 11.6. The van der Waals surface area contributed by atoms with E-state index in [2.05, 4.69) is 40.7 Å². The quantitative estimate of drug-likeness (QED) is 0.0798. The molecule has 8 atom stereocenters. The van der Waals surface area contributed by atoms with Crippen LogP contribution < -0.4 is 0 Å². The van der Waals surface area contributed by atoms with Crippen LogP contribution in [0.5, 0.6) is 0 Å². The zero-order valence-corrected chi connectivity index (χ0v) is 30.6. The van der Waals surface area contributed by atoms with Gasteiger partial charge in [0, 0.05) is 7.11 Å². The molecule has 0 saturated heterocycles. The zero-order chi connectivity index (χ0) is 33.8. The molecule has 0 aromatic heterocycles. The number of benzene rings is 1. The summed E-state index contributed by atoms with van der Waals surface area (Å²) in [6, 6.07) is 6.15. The lowest BCUT2D eigenvalue weighted by Crippen LogP contribution is -2.51. The maximum Gasteiger partial charge on any atom is 0.339 e. The number of esters is 1. The fraction of sp³-hybridized carbons (Fsp3) is 0.769. The van der Waals surface area contributed by atoms with Gasteiger partial charge in [0.2, 0.25) is 0 Å². The summed E-state index contributed by atoms with van der Waals surface area (Å²) >= 11 is 0. The third kappa shape index (κ3) is 7.86. The predicted octanol–water partition coefficient (Wildman–Crippen LogP) is 8.62. The van der Waals surface area contributed by atoms with Gasteiger partial charge in [-0.15, -0.1) is 0 Å². The van der Waals surface area contributed by atoms with Crippen molar-refractivity contribution in [3.05, 3.63) is 41.5 Å². The van der Waals surface area contributed by atoms with Crippen molar-refractivity contribution in [2.45, 2.75) is 116 Å². The average molecular weight is 673 g/mol. The minimum Gasteiger partial charge on any atom is -0.460 e. The summed E-state index contributed by atoms with van der Waals surface area (Å²) in [5.41, 5.74) is 1.91. The third-order valence-electron chi connectivity index (χ3n) is 12.8. The minimum absolute atomic E-state index is 0.0147. The Labute approximate surface area is 284 Å². The summed E-state index contributed by atoms with van der Waals surface area (Å²) in [5, 5.41) is 0. The fourth-order valence-electron chi connectivity index (χ4n) is 10.3. The van der Waals surface area contributed by atoms with Gasteiger partial charge in [-0.1, -0.05) is 77.7 Å². The largest absolute Gasteiger partial charge is 0.460 e. The number of hydrogen-bond donors (Lipinski definition) is 0. The Balaban J connectivity index is 1.22. The number of fused-ring (bicyclic) bond motifs is 5. The van der Waals surface area contributed by atoms with Crippen LogP contribution >= 0.6 is 0 Å². The second-order valence-corrected chi connectivity index (χ2v) is 17.5. The number of methoxy groups -OCH3 is 1. The van der Waals surface area contributed by atoms with Gasteiger partial charge in [0.15, 0.2) is 0 Å². The predicted molar refractivity (Wildman–Crippen MR) is 185 cm³/mol. The minimum atomic E-state index is -4.18. The number of allylic oxidation sites excluding steroid dienone is 1. The summed E-state index contributed by atoms with van der Waals surface area (Å²) in [6.07, 6.45) is 14.8. The molecular weight excluding hydrogens is 612 g/mol. The summed E-state index contributed by atoms with van der Waals surface area (Å²) in [6.45, 7) is 13.4. The van der Waals surface area contributed by atoms with Crippen LogP contribution in [-0.2, 0) is 28.5 Å². The molecule has 0 N–H and O–H groups in total. The van der Waals surface area contributed by atoms with Gasteiger partial charge in [-0.3, -0.25) is 4.18 Å². The number of carbonyl (C=O) groups excluding carboxylic acids is 1. The molecule has 7 nitrogen and oxygen atoms in total. The Morgan fingerprint density at radius 3 is 2.47 bits per heavy atom. The molecule has 0 amide bonds. The molecule has 0 unspecified atom stereocenters. The third-order valence-corrected chi connectivity index (χ3v) is 14.2. The first-order valence-electron chi connectivity index (χ1n) is 18.4. The van der Waals surface area contributed by atoms with Crippen LogP contribution in [0.3, 0.4) is 0 Å². The highest BCUT2D eigenvalue weighted by Crippen LogP contribution is 2.67. The first-order chi connectivity index (χ1) is 22.4. The second kappa shape index (κ2) is 15.4. The maximum atomic E-state index is 13.6. The molecule has 47 heavy (non-hydrogen) atoms. The van der Waals surface area contributed by atoms with Crippen molar-refractivity contribution in [2.24, 2.45) is 46.3 Å². The molecule has 0 heterocycles. The molecule has 8 heteroatoms. The van der Waals surface area contributed by atoms with Gasteiger partial charge in [-0.25, -0.2) is 4.79 Å². The van der Waals surface area contributed by atoms with Crippen LogP contribution in [-0.4, -0.2) is 54.0 Å². The smallest absolute Gasteiger partial charge is 0.339 e. The molecule has 0 radical (unpaired) electrons. The molecule has 3 saturated carbocycles. The van der Waals surface area contributed by atoms with Crippen LogP contribution in [0.25, 0.3) is 0 Å². The van der Waals surface area contributed by atoms with E-state index in [0.717, 1.165) is 42.4 Å². The van der Waals surface area contributed by atoms with E-state index in [1.807, 2.05) is 0 Å². The van der Waals surface area contributed by atoms with E-state index in [9.17, 15) is 13.2 Å². The van der Waals surface area contributed by atoms with Crippen molar-refractivity contribution in [3.8, 4) is 0 Å². The standard InChI is InChI=1S/C39H60O7S/c1-27(2)10-9-11-28(3)33-16-17-34-31-15-14-29-26-30(18-20-38(29,4)35(31)19-21-39(33,34)5)46-47(41,42)36-13-8-7-12-32(36)37(40)45-25-24-44-23-22-43-6/h7-8,12-14,27-28,30-31,33-35H,9-11,15-26H2,1-6H3/t28-,30+,31+,33-,34+,35+,38+,39-/m1/s1. The zero-order valence-electron chi connectivity index (χ0n) is 29.8. The number of hydrogen-bond acceptors (Lipinski definition) is 7. The van der Waals surface area contributed by atoms with Crippen molar-refractivity contribution in [1.82, 2.24) is 0 Å². The summed E-state index contributed by atoms with van der Waals surface area (Å²) in [4.78, 5) is 12.7. The van der Waals surface area contributed by atoms with Crippen LogP contribution in [0.4, 0.5) is 0 Å². The van der Waals surface area contributed by atoms with Crippen LogP contribution in [0.2, 0.25) is 0 Å². The summed E-state index contributed by atoms with van der Waals surface area (Å²) < 4.78 is 48.7. The summed E-state index contributed by atoms with van der Waals surface area (Å²) in [5.74, 6) is 3.88. The Hall–Kier alpha value is -1.74. The first kappa shape index (κ1) is 36.5. The lowest BCUT2D eigenvalue weighted by molar-refractivity contribution is -0.0556. The van der Waals surface area contributed by atoms with E-state index < -0.39 is 22.2 Å². The number of rotatable bonds is 15. The van der Waals surface area contributed by atoms with E-state index >= 15 is 0 Å². The monoisotopic (exact) mass is 672 g/mol. The van der Waals surface area contributed by atoms with Crippen molar-refractivity contribution >= 4 is 16.1 Å². The Kier molecular flexibility index (Phi) is 12.0. The van der Waals surface area contributed by atoms with Crippen molar-refractivity contribution in [3.63, 3.8) is 0 Å². The Morgan fingerprint density at radius 2 is 1.70 bits per heavy atom. The molecule has 0 spiro atoms. The maximum absolute atomic E-state index is 13.6. The van der Waals surface area contributed by atoms with Crippen LogP contribution in [0, 0.1) is 46.3 Å². The summed E-state index contributed by atoms with van der Waals surface area (Å²) in [7, 11) is -2.60. The molecule has 0 bridgehead atoms. The van der Waals surface area contributed by atoms with E-state index in [1.54, 1.807) is 19.2 Å². The highest BCUT2D eigenvalue weighted by molar-refractivity contribution is 7.86. The molecule has 4 aliphatic carbocycles. The van der Waals surface area contributed by atoms with Gasteiger partial charge in [-0.05, 0) is 110 Å². The molecule has 5 rings (SSSR count). The van der Waals surface area contributed by atoms with E-state index in [0.29, 0.717) is 37.4 Å². The highest BCUT2D eigenvalue weighted by atomic mass is 32.2. The molecule has 0 aliphatic heterocycles. The van der Waals surface area contributed by atoms with Crippen molar-refractivity contribution < 1.29 is 31.6 Å². The normalized spacial score (nSPS) is 32.7. The van der Waals surface area contributed by atoms with E-state index in [4.69, 9.17) is 18.4 Å². The molecule has 1 aromatic carbocycles. The average Bonchev–Trinajstić information content (AvgIpc) is 3.40. The van der Waals surface area contributed by atoms with Crippen molar-refractivity contribution in [1.29, 1.82) is 0 Å². The Morgan fingerprint density at radius 1 is 0.936 bits per heavy atom.